The average molecular weight is 451 g/mol. The summed E-state index contributed by atoms with van der Waals surface area (Å²) in [6.45, 7) is 0. The lowest BCUT2D eigenvalue weighted by molar-refractivity contribution is 0.102. The highest BCUT2D eigenvalue weighted by atomic mass is 35.5. The Morgan fingerprint density at radius 2 is 1.94 bits per heavy atom. The summed E-state index contributed by atoms with van der Waals surface area (Å²) < 4.78 is 1.63. The Morgan fingerprint density at radius 1 is 1.16 bits per heavy atom. The number of nitrogens with zero attached hydrogens (tertiary/aromatic N) is 2. The van der Waals surface area contributed by atoms with Crippen molar-refractivity contribution in [3.05, 3.63) is 80.6 Å². The van der Waals surface area contributed by atoms with Crippen molar-refractivity contribution in [1.82, 2.24) is 9.55 Å². The summed E-state index contributed by atoms with van der Waals surface area (Å²) in [6.07, 6.45) is 5.27. The lowest BCUT2D eigenvalue weighted by Crippen LogP contribution is -2.39. The van der Waals surface area contributed by atoms with Crippen molar-refractivity contribution in [2.24, 2.45) is 7.05 Å². The van der Waals surface area contributed by atoms with E-state index in [-0.39, 0.29) is 22.5 Å². The largest absolute Gasteiger partial charge is 0.293 e. The normalized spacial score (nSPS) is 16.2. The monoisotopic (exact) mass is 450 g/mol. The van der Waals surface area contributed by atoms with Crippen molar-refractivity contribution in [2.75, 3.05) is 5.75 Å². The second-order valence-electron chi connectivity index (χ2n) is 8.53. The van der Waals surface area contributed by atoms with Gasteiger partial charge < -0.3 is 0 Å². The van der Waals surface area contributed by atoms with E-state index in [1.807, 2.05) is 6.07 Å². The lowest BCUT2D eigenvalue weighted by atomic mass is 9.68. The molecular formula is C25H23ClN2O2S. The molecular weight excluding hydrogens is 428 g/mol. The van der Waals surface area contributed by atoms with Gasteiger partial charge in [0.25, 0.3) is 5.56 Å². The number of thioether (sulfide) groups is 1. The van der Waals surface area contributed by atoms with Crippen LogP contribution in [-0.4, -0.2) is 21.1 Å². The molecule has 6 heteroatoms. The Bertz CT molecular complexity index is 1240. The molecule has 158 valence electrons. The van der Waals surface area contributed by atoms with Gasteiger partial charge in [0.2, 0.25) is 0 Å². The number of hydrogen-bond acceptors (Lipinski definition) is 4. The van der Waals surface area contributed by atoms with E-state index < -0.39 is 0 Å². The maximum absolute atomic E-state index is 13.6. The summed E-state index contributed by atoms with van der Waals surface area (Å²) in [4.78, 5) is 31.2. The fourth-order valence-electron chi connectivity index (χ4n) is 5.10. The van der Waals surface area contributed by atoms with Gasteiger partial charge in [0.15, 0.2) is 10.9 Å². The first-order valence-electron chi connectivity index (χ1n) is 10.6. The summed E-state index contributed by atoms with van der Waals surface area (Å²) in [6, 6.07) is 15.2. The highest BCUT2D eigenvalue weighted by Crippen LogP contribution is 2.49. The maximum Gasteiger partial charge on any atom is 0.258 e. The first kappa shape index (κ1) is 20.5. The van der Waals surface area contributed by atoms with E-state index in [0.29, 0.717) is 15.7 Å². The molecule has 1 saturated carbocycles. The van der Waals surface area contributed by atoms with Crippen LogP contribution in [0.15, 0.2) is 58.5 Å². The number of rotatable bonds is 4. The third kappa shape index (κ3) is 3.54. The van der Waals surface area contributed by atoms with Gasteiger partial charge in [0.05, 0.1) is 17.0 Å². The molecule has 2 aromatic carbocycles. The van der Waals surface area contributed by atoms with Gasteiger partial charge in [0.1, 0.15) is 0 Å². The van der Waals surface area contributed by atoms with E-state index in [1.54, 1.807) is 35.9 Å². The zero-order chi connectivity index (χ0) is 21.6. The quantitative estimate of drug-likeness (QED) is 0.301. The molecule has 0 atom stereocenters. The highest BCUT2D eigenvalue weighted by molar-refractivity contribution is 7.99. The van der Waals surface area contributed by atoms with Crippen molar-refractivity contribution < 1.29 is 4.79 Å². The van der Waals surface area contributed by atoms with Gasteiger partial charge in [-0.05, 0) is 37.0 Å². The minimum absolute atomic E-state index is 0.0270. The van der Waals surface area contributed by atoms with Crippen molar-refractivity contribution in [2.45, 2.75) is 42.7 Å². The molecule has 0 amide bonds. The fourth-order valence-corrected chi connectivity index (χ4v) is 6.15. The second kappa shape index (κ2) is 7.95. The van der Waals surface area contributed by atoms with Gasteiger partial charge in [-0.25, -0.2) is 4.98 Å². The molecule has 31 heavy (non-hydrogen) atoms. The topological polar surface area (TPSA) is 52.0 Å². The third-order valence-corrected chi connectivity index (χ3v) is 7.89. The van der Waals surface area contributed by atoms with Crippen LogP contribution < -0.4 is 5.56 Å². The minimum atomic E-state index is -0.106. The molecule has 0 bridgehead atoms. The molecule has 1 fully saturated rings. The molecule has 0 saturated heterocycles. The van der Waals surface area contributed by atoms with Crippen LogP contribution in [-0.2, 0) is 18.9 Å². The van der Waals surface area contributed by atoms with Crippen LogP contribution in [0.5, 0.6) is 0 Å². The lowest BCUT2D eigenvalue weighted by Gasteiger charge is -2.36. The molecule has 3 aromatic rings. The number of benzene rings is 2. The number of Topliss-reactive ketones (excluding diaryl/α,β-unsaturated/α-hetero) is 1. The third-order valence-electron chi connectivity index (χ3n) is 6.62. The summed E-state index contributed by atoms with van der Waals surface area (Å²) >= 11 is 7.33. The molecule has 1 spiro atoms. The zero-order valence-corrected chi connectivity index (χ0v) is 18.9. The zero-order valence-electron chi connectivity index (χ0n) is 17.4. The van der Waals surface area contributed by atoms with Crippen LogP contribution >= 0.6 is 23.4 Å². The predicted molar refractivity (Wildman–Crippen MR) is 125 cm³/mol. The van der Waals surface area contributed by atoms with Crippen molar-refractivity contribution >= 4 is 29.1 Å². The van der Waals surface area contributed by atoms with Crippen LogP contribution in [0.1, 0.15) is 47.2 Å². The number of hydrogen-bond donors (Lipinski definition) is 0. The minimum Gasteiger partial charge on any atom is -0.293 e. The number of carbonyl (C=O) groups excluding carboxylic acids is 1. The number of carbonyl (C=O) groups is 1. The fraction of sp³-hybridized carbons (Fsp3) is 0.320. The molecule has 2 aliphatic rings. The average Bonchev–Trinajstić information content (AvgIpc) is 3.23. The van der Waals surface area contributed by atoms with Gasteiger partial charge >= 0.3 is 0 Å². The van der Waals surface area contributed by atoms with E-state index in [4.69, 9.17) is 16.6 Å². The van der Waals surface area contributed by atoms with Gasteiger partial charge in [0, 0.05) is 28.6 Å². The van der Waals surface area contributed by atoms with Crippen LogP contribution in [0.3, 0.4) is 0 Å². The first-order chi connectivity index (χ1) is 15.0. The van der Waals surface area contributed by atoms with E-state index in [9.17, 15) is 9.59 Å². The summed E-state index contributed by atoms with van der Waals surface area (Å²) in [5.74, 6) is 0.166. The van der Waals surface area contributed by atoms with Crippen LogP contribution in [0, 0.1) is 0 Å². The van der Waals surface area contributed by atoms with E-state index >= 15 is 0 Å². The highest BCUT2D eigenvalue weighted by Gasteiger charge is 2.44. The van der Waals surface area contributed by atoms with Gasteiger partial charge in [-0.15, -0.1) is 0 Å². The Balaban J connectivity index is 1.55. The molecule has 0 aliphatic heterocycles. The number of halogens is 1. The Labute approximate surface area is 190 Å². The standard InChI is InChI=1S/C25H23ClN2O2S/c1-28-23(30)21-22(19-10-3-2-7-17(19)14-25(21)11-4-5-12-25)27-24(28)31-15-20(29)16-8-6-9-18(26)13-16/h2-3,6-10,13H,4-5,11-12,14-15H2,1H3. The van der Waals surface area contributed by atoms with Gasteiger partial charge in [-0.2, -0.15) is 0 Å². The van der Waals surface area contributed by atoms with Gasteiger partial charge in [-0.1, -0.05) is 72.6 Å². The maximum atomic E-state index is 13.6. The molecule has 1 heterocycles. The molecule has 4 nitrogen and oxygen atoms in total. The SMILES string of the molecule is Cn1c(SCC(=O)c2cccc(Cl)c2)nc2c(c1=O)C1(CCCC1)Cc1ccccc1-2. The molecule has 2 aliphatic carbocycles. The van der Waals surface area contributed by atoms with Crippen molar-refractivity contribution in [1.29, 1.82) is 0 Å². The number of fused-ring (bicyclic) bond motifs is 4. The Kier molecular flexibility index (Phi) is 5.27. The molecule has 1 aromatic heterocycles. The van der Waals surface area contributed by atoms with E-state index in [1.165, 1.54) is 17.3 Å². The van der Waals surface area contributed by atoms with Crippen molar-refractivity contribution in [3.8, 4) is 11.3 Å². The predicted octanol–water partition coefficient (Wildman–Crippen LogP) is 5.44. The summed E-state index contributed by atoms with van der Waals surface area (Å²) in [7, 11) is 1.77. The smallest absolute Gasteiger partial charge is 0.258 e. The van der Waals surface area contributed by atoms with Crippen molar-refractivity contribution in [3.63, 3.8) is 0 Å². The van der Waals surface area contributed by atoms with Crippen LogP contribution in [0.25, 0.3) is 11.3 Å². The van der Waals surface area contributed by atoms with Crippen LogP contribution in [0.2, 0.25) is 5.02 Å². The number of aromatic nitrogens is 2. The number of ketones is 1. The second-order valence-corrected chi connectivity index (χ2v) is 9.90. The Hall–Kier alpha value is -2.37. The molecule has 5 rings (SSSR count). The van der Waals surface area contributed by atoms with Gasteiger partial charge in [-0.3, -0.25) is 14.2 Å². The molecule has 0 unspecified atom stereocenters. The summed E-state index contributed by atoms with van der Waals surface area (Å²) in [5.41, 5.74) is 4.49. The van der Waals surface area contributed by atoms with E-state index in [2.05, 4.69) is 18.2 Å². The summed E-state index contributed by atoms with van der Waals surface area (Å²) in [5, 5.41) is 1.11. The van der Waals surface area contributed by atoms with Crippen LogP contribution in [0.4, 0.5) is 0 Å². The van der Waals surface area contributed by atoms with E-state index in [0.717, 1.165) is 48.9 Å². The Morgan fingerprint density at radius 3 is 2.71 bits per heavy atom. The molecule has 0 N–H and O–H groups in total. The molecule has 0 radical (unpaired) electrons. The first-order valence-corrected chi connectivity index (χ1v) is 12.0.